The molecule has 8 nitrogen and oxygen atoms in total. The molecule has 1 heterocycles. The van der Waals surface area contributed by atoms with Gasteiger partial charge in [-0.25, -0.2) is 4.79 Å². The molecule has 8 heteroatoms. The summed E-state index contributed by atoms with van der Waals surface area (Å²) in [5.41, 5.74) is 2.79. The molecule has 0 spiro atoms. The van der Waals surface area contributed by atoms with Crippen LogP contribution in [0.1, 0.15) is 44.7 Å². The number of methoxy groups -OCH3 is 2. The van der Waals surface area contributed by atoms with E-state index < -0.39 is 0 Å². The zero-order valence-electron chi connectivity index (χ0n) is 22.5. The maximum Gasteiger partial charge on any atom is 0.318 e. The van der Waals surface area contributed by atoms with Crippen LogP contribution in [-0.4, -0.2) is 65.6 Å². The molecule has 0 bridgehead atoms. The highest BCUT2D eigenvalue weighted by molar-refractivity contribution is 5.85. The molecule has 1 fully saturated rings. The van der Waals surface area contributed by atoms with Gasteiger partial charge in [0.1, 0.15) is 6.54 Å². The first-order chi connectivity index (χ1) is 17.7. The monoisotopic (exact) mass is 506 g/mol. The highest BCUT2D eigenvalue weighted by atomic mass is 16.5. The van der Waals surface area contributed by atoms with Gasteiger partial charge in [0.25, 0.3) is 0 Å². The molecule has 0 atom stereocenters. The number of hydrogen-bond acceptors (Lipinski definition) is 4. The SMILES string of the molecule is COc1ccc(CN(CCc2c[nH]c3ccccc23)C(=O)CN(C(=O)NC(C)(C)C)C2CC2)cc1OC. The summed E-state index contributed by atoms with van der Waals surface area (Å²) < 4.78 is 10.8. The van der Waals surface area contributed by atoms with Crippen LogP contribution in [0, 0.1) is 0 Å². The van der Waals surface area contributed by atoms with Gasteiger partial charge in [0.15, 0.2) is 11.5 Å². The first-order valence-electron chi connectivity index (χ1n) is 12.8. The lowest BCUT2D eigenvalue weighted by Gasteiger charge is -2.31. The Kier molecular flexibility index (Phi) is 7.95. The number of urea groups is 1. The molecule has 1 aliphatic carbocycles. The van der Waals surface area contributed by atoms with Crippen LogP contribution in [0.15, 0.2) is 48.7 Å². The average molecular weight is 507 g/mol. The van der Waals surface area contributed by atoms with Gasteiger partial charge in [-0.3, -0.25) is 4.79 Å². The lowest BCUT2D eigenvalue weighted by Crippen LogP contribution is -2.52. The number of carbonyl (C=O) groups excluding carboxylic acids is 2. The Balaban J connectivity index is 1.55. The molecule has 3 aromatic rings. The number of para-hydroxylation sites is 1. The van der Waals surface area contributed by atoms with Gasteiger partial charge >= 0.3 is 6.03 Å². The fourth-order valence-electron chi connectivity index (χ4n) is 4.48. The number of fused-ring (bicyclic) bond motifs is 1. The van der Waals surface area contributed by atoms with Gasteiger partial charge in [0, 0.05) is 41.8 Å². The van der Waals surface area contributed by atoms with Gasteiger partial charge in [-0.05, 0) is 69.4 Å². The van der Waals surface area contributed by atoms with Crippen LogP contribution in [0.2, 0.25) is 0 Å². The number of aromatic nitrogens is 1. The van der Waals surface area contributed by atoms with Crippen molar-refractivity contribution in [1.82, 2.24) is 20.1 Å². The fourth-order valence-corrected chi connectivity index (χ4v) is 4.48. The molecular weight excluding hydrogens is 468 g/mol. The van der Waals surface area contributed by atoms with E-state index in [2.05, 4.69) is 16.4 Å². The van der Waals surface area contributed by atoms with E-state index in [1.165, 1.54) is 0 Å². The summed E-state index contributed by atoms with van der Waals surface area (Å²) in [7, 11) is 3.20. The second-order valence-electron chi connectivity index (χ2n) is 10.7. The Labute approximate surface area is 218 Å². The number of aromatic amines is 1. The van der Waals surface area contributed by atoms with Crippen LogP contribution in [0.3, 0.4) is 0 Å². The van der Waals surface area contributed by atoms with E-state index in [-0.39, 0.29) is 30.1 Å². The smallest absolute Gasteiger partial charge is 0.318 e. The number of nitrogens with one attached hydrogen (secondary N) is 2. The quantitative estimate of drug-likeness (QED) is 0.416. The Bertz CT molecular complexity index is 1240. The first-order valence-corrected chi connectivity index (χ1v) is 12.8. The molecule has 2 aromatic carbocycles. The third-order valence-corrected chi connectivity index (χ3v) is 6.54. The van der Waals surface area contributed by atoms with Crippen LogP contribution < -0.4 is 14.8 Å². The zero-order chi connectivity index (χ0) is 26.6. The summed E-state index contributed by atoms with van der Waals surface area (Å²) in [6.07, 6.45) is 4.56. The van der Waals surface area contributed by atoms with Crippen molar-refractivity contribution in [2.45, 2.75) is 58.2 Å². The van der Waals surface area contributed by atoms with Gasteiger partial charge in [-0.1, -0.05) is 24.3 Å². The van der Waals surface area contributed by atoms with Crippen LogP contribution in [0.4, 0.5) is 4.79 Å². The molecule has 0 radical (unpaired) electrons. The predicted octanol–water partition coefficient (Wildman–Crippen LogP) is 4.73. The highest BCUT2D eigenvalue weighted by Gasteiger charge is 2.36. The van der Waals surface area contributed by atoms with E-state index in [9.17, 15) is 9.59 Å². The molecule has 1 aliphatic rings. The number of nitrogens with zero attached hydrogens (tertiary/aromatic N) is 2. The van der Waals surface area contributed by atoms with E-state index in [0.717, 1.165) is 34.9 Å². The molecular formula is C29H38N4O4. The Morgan fingerprint density at radius 1 is 1.05 bits per heavy atom. The number of H-pyrrole nitrogens is 1. The first kappa shape index (κ1) is 26.4. The third-order valence-electron chi connectivity index (χ3n) is 6.54. The predicted molar refractivity (Wildman–Crippen MR) is 145 cm³/mol. The average Bonchev–Trinajstić information content (AvgIpc) is 3.63. The normalized spacial score (nSPS) is 13.3. The topological polar surface area (TPSA) is 86.9 Å². The van der Waals surface area contributed by atoms with Crippen molar-refractivity contribution in [2.24, 2.45) is 0 Å². The zero-order valence-corrected chi connectivity index (χ0v) is 22.5. The molecule has 2 N–H and O–H groups in total. The largest absolute Gasteiger partial charge is 0.493 e. The van der Waals surface area contributed by atoms with E-state index in [4.69, 9.17) is 9.47 Å². The summed E-state index contributed by atoms with van der Waals surface area (Å²) >= 11 is 0. The Morgan fingerprint density at radius 3 is 2.46 bits per heavy atom. The number of hydrogen-bond donors (Lipinski definition) is 2. The molecule has 3 amide bonds. The lowest BCUT2D eigenvalue weighted by atomic mass is 10.1. The van der Waals surface area contributed by atoms with E-state index in [0.29, 0.717) is 31.0 Å². The number of carbonyl (C=O) groups is 2. The van der Waals surface area contributed by atoms with Crippen LogP contribution in [0.25, 0.3) is 10.9 Å². The van der Waals surface area contributed by atoms with Crippen LogP contribution in [-0.2, 0) is 17.8 Å². The Hall–Kier alpha value is -3.68. The standard InChI is InChI=1S/C29H38N4O4/c1-29(2,3)31-28(35)33(22-11-12-22)19-27(34)32(18-20-10-13-25(36-4)26(16-20)37-5)15-14-21-17-30-24-9-7-6-8-23(21)24/h6-10,13,16-17,22,30H,11-12,14-15,18-19H2,1-5H3,(H,31,35). The van der Waals surface area contributed by atoms with Crippen LogP contribution in [0.5, 0.6) is 11.5 Å². The van der Waals surface area contributed by atoms with Crippen molar-refractivity contribution >= 4 is 22.8 Å². The molecule has 0 aliphatic heterocycles. The number of benzene rings is 2. The number of amides is 3. The maximum absolute atomic E-state index is 13.7. The second kappa shape index (κ2) is 11.2. The van der Waals surface area contributed by atoms with Crippen molar-refractivity contribution < 1.29 is 19.1 Å². The second-order valence-corrected chi connectivity index (χ2v) is 10.7. The van der Waals surface area contributed by atoms with E-state index in [1.807, 2.05) is 68.3 Å². The lowest BCUT2D eigenvalue weighted by molar-refractivity contribution is -0.132. The molecule has 37 heavy (non-hydrogen) atoms. The molecule has 1 saturated carbocycles. The third kappa shape index (κ3) is 6.76. The van der Waals surface area contributed by atoms with Gasteiger partial charge in [0.2, 0.25) is 5.91 Å². The number of rotatable bonds is 10. The van der Waals surface area contributed by atoms with Crippen molar-refractivity contribution in [2.75, 3.05) is 27.3 Å². The molecule has 0 unspecified atom stereocenters. The molecule has 198 valence electrons. The van der Waals surface area contributed by atoms with Gasteiger partial charge in [-0.2, -0.15) is 0 Å². The number of ether oxygens (including phenoxy) is 2. The summed E-state index contributed by atoms with van der Waals surface area (Å²) in [6, 6.07) is 13.8. The molecule has 1 aromatic heterocycles. The van der Waals surface area contributed by atoms with Crippen molar-refractivity contribution in [1.29, 1.82) is 0 Å². The van der Waals surface area contributed by atoms with Crippen molar-refractivity contribution in [3.05, 3.63) is 59.8 Å². The fraction of sp³-hybridized carbons (Fsp3) is 0.448. The van der Waals surface area contributed by atoms with Crippen molar-refractivity contribution in [3.8, 4) is 11.5 Å². The van der Waals surface area contributed by atoms with E-state index >= 15 is 0 Å². The molecule has 4 rings (SSSR count). The highest BCUT2D eigenvalue weighted by Crippen LogP contribution is 2.29. The summed E-state index contributed by atoms with van der Waals surface area (Å²) in [5, 5.41) is 4.18. The minimum atomic E-state index is -0.373. The minimum absolute atomic E-state index is 0.0494. The summed E-state index contributed by atoms with van der Waals surface area (Å²) in [4.78, 5) is 33.6. The summed E-state index contributed by atoms with van der Waals surface area (Å²) in [5.74, 6) is 1.18. The van der Waals surface area contributed by atoms with Gasteiger partial charge < -0.3 is 29.6 Å². The molecule has 0 saturated heterocycles. The Morgan fingerprint density at radius 2 is 1.78 bits per heavy atom. The van der Waals surface area contributed by atoms with Crippen LogP contribution >= 0.6 is 0 Å². The van der Waals surface area contributed by atoms with Gasteiger partial charge in [-0.15, -0.1) is 0 Å². The van der Waals surface area contributed by atoms with Crippen molar-refractivity contribution in [3.63, 3.8) is 0 Å². The maximum atomic E-state index is 13.7. The summed E-state index contributed by atoms with van der Waals surface area (Å²) in [6.45, 7) is 6.82. The minimum Gasteiger partial charge on any atom is -0.493 e. The van der Waals surface area contributed by atoms with E-state index in [1.54, 1.807) is 19.1 Å². The van der Waals surface area contributed by atoms with Gasteiger partial charge in [0.05, 0.1) is 14.2 Å².